The molecule has 5 heteroatoms. The lowest BCUT2D eigenvalue weighted by atomic mass is 9.79. The molecule has 1 N–H and O–H groups in total. The third-order valence-electron chi connectivity index (χ3n) is 5.10. The van der Waals surface area contributed by atoms with E-state index in [1.165, 1.54) is 19.3 Å². The van der Waals surface area contributed by atoms with Crippen molar-refractivity contribution in [1.29, 1.82) is 5.26 Å². The van der Waals surface area contributed by atoms with Crippen LogP contribution in [0.25, 0.3) is 0 Å². The van der Waals surface area contributed by atoms with Crippen molar-refractivity contribution in [2.24, 2.45) is 0 Å². The zero-order chi connectivity index (χ0) is 15.1. The Morgan fingerprint density at radius 2 is 1.86 bits per heavy atom. The highest BCUT2D eigenvalue weighted by atomic mass is 16.2. The van der Waals surface area contributed by atoms with E-state index in [1.807, 2.05) is 11.9 Å². The van der Waals surface area contributed by atoms with Gasteiger partial charge in [-0.05, 0) is 19.9 Å². The van der Waals surface area contributed by atoms with Crippen LogP contribution in [0.15, 0.2) is 0 Å². The van der Waals surface area contributed by atoms with Gasteiger partial charge in [-0.25, -0.2) is 0 Å². The first-order valence-corrected chi connectivity index (χ1v) is 8.25. The third-order valence-corrected chi connectivity index (χ3v) is 5.10. The summed E-state index contributed by atoms with van der Waals surface area (Å²) in [7, 11) is 2.00. The van der Waals surface area contributed by atoms with Crippen molar-refractivity contribution in [2.75, 3.05) is 39.8 Å². The van der Waals surface area contributed by atoms with Crippen molar-refractivity contribution in [3.63, 3.8) is 0 Å². The standard InChI is InChI=1S/C16H28N4O/c1-18-16(6-3-2-4-7-16)14-15(21)20-12-10-19(11-13-20)9-5-8-17/h18H,2-7,9-14H2,1H3. The predicted octanol–water partition coefficient (Wildman–Crippen LogP) is 1.36. The maximum atomic E-state index is 12.6. The number of nitrogens with one attached hydrogen (secondary N) is 1. The van der Waals surface area contributed by atoms with Crippen LogP contribution in [-0.4, -0.2) is 61.0 Å². The van der Waals surface area contributed by atoms with Crippen LogP contribution in [-0.2, 0) is 4.79 Å². The summed E-state index contributed by atoms with van der Waals surface area (Å²) >= 11 is 0. The molecule has 0 unspecified atom stereocenters. The average Bonchev–Trinajstić information content (AvgIpc) is 2.54. The SMILES string of the molecule is CNC1(CC(=O)N2CCN(CCC#N)CC2)CCCCC1. The van der Waals surface area contributed by atoms with E-state index < -0.39 is 0 Å². The number of nitrogens with zero attached hydrogens (tertiary/aromatic N) is 3. The number of hydrogen-bond donors (Lipinski definition) is 1. The lowest BCUT2D eigenvalue weighted by Gasteiger charge is -2.40. The van der Waals surface area contributed by atoms with E-state index in [0.717, 1.165) is 45.6 Å². The number of carbonyl (C=O) groups is 1. The molecule has 2 rings (SSSR count). The highest BCUT2D eigenvalue weighted by Crippen LogP contribution is 2.31. The van der Waals surface area contributed by atoms with Gasteiger partial charge in [-0.2, -0.15) is 5.26 Å². The first-order chi connectivity index (χ1) is 10.2. The fourth-order valence-corrected chi connectivity index (χ4v) is 3.57. The van der Waals surface area contributed by atoms with Crippen molar-refractivity contribution in [3.05, 3.63) is 0 Å². The molecular weight excluding hydrogens is 264 g/mol. The molecule has 0 aromatic heterocycles. The van der Waals surface area contributed by atoms with Crippen molar-refractivity contribution in [1.82, 2.24) is 15.1 Å². The number of carbonyl (C=O) groups excluding carboxylic acids is 1. The molecule has 1 aliphatic heterocycles. The second kappa shape index (κ2) is 7.77. The molecule has 1 heterocycles. The maximum absolute atomic E-state index is 12.6. The number of piperazine rings is 1. The molecule has 0 aromatic carbocycles. The minimum Gasteiger partial charge on any atom is -0.340 e. The Morgan fingerprint density at radius 3 is 2.43 bits per heavy atom. The van der Waals surface area contributed by atoms with Gasteiger partial charge in [-0.3, -0.25) is 9.69 Å². The largest absolute Gasteiger partial charge is 0.340 e. The Bertz CT molecular complexity index is 376. The van der Waals surface area contributed by atoms with Crippen LogP contribution in [0.4, 0.5) is 0 Å². The van der Waals surface area contributed by atoms with E-state index in [9.17, 15) is 4.79 Å². The Balaban J connectivity index is 1.80. The molecule has 1 saturated carbocycles. The van der Waals surface area contributed by atoms with Gasteiger partial charge in [0.2, 0.25) is 5.91 Å². The molecule has 21 heavy (non-hydrogen) atoms. The van der Waals surface area contributed by atoms with Gasteiger partial charge in [0.1, 0.15) is 0 Å². The summed E-state index contributed by atoms with van der Waals surface area (Å²) in [4.78, 5) is 16.9. The van der Waals surface area contributed by atoms with Crippen molar-refractivity contribution in [3.8, 4) is 6.07 Å². The molecule has 2 aliphatic rings. The number of rotatable bonds is 5. The highest BCUT2D eigenvalue weighted by molar-refractivity contribution is 5.77. The van der Waals surface area contributed by atoms with E-state index in [1.54, 1.807) is 0 Å². The first-order valence-electron chi connectivity index (χ1n) is 8.25. The van der Waals surface area contributed by atoms with Crippen LogP contribution in [0.2, 0.25) is 0 Å². The van der Waals surface area contributed by atoms with E-state index in [-0.39, 0.29) is 5.54 Å². The lowest BCUT2D eigenvalue weighted by Crippen LogP contribution is -2.53. The van der Waals surface area contributed by atoms with Gasteiger partial charge >= 0.3 is 0 Å². The minimum atomic E-state index is 0.0350. The van der Waals surface area contributed by atoms with Gasteiger partial charge in [-0.15, -0.1) is 0 Å². The summed E-state index contributed by atoms with van der Waals surface area (Å²) in [6.45, 7) is 4.26. The Kier molecular flexibility index (Phi) is 6.01. The zero-order valence-electron chi connectivity index (χ0n) is 13.2. The van der Waals surface area contributed by atoms with E-state index in [2.05, 4.69) is 16.3 Å². The molecule has 5 nitrogen and oxygen atoms in total. The molecule has 0 aromatic rings. The number of nitriles is 1. The quantitative estimate of drug-likeness (QED) is 0.831. The van der Waals surface area contributed by atoms with Crippen LogP contribution in [0.1, 0.15) is 44.9 Å². The van der Waals surface area contributed by atoms with Crippen molar-refractivity contribution >= 4 is 5.91 Å². The molecule has 1 amide bonds. The lowest BCUT2D eigenvalue weighted by molar-refractivity contribution is -0.134. The molecular formula is C16H28N4O. The number of amides is 1. The molecule has 2 fully saturated rings. The third kappa shape index (κ3) is 4.42. The van der Waals surface area contributed by atoms with E-state index in [0.29, 0.717) is 18.7 Å². The second-order valence-corrected chi connectivity index (χ2v) is 6.40. The normalized spacial score (nSPS) is 22.8. The van der Waals surface area contributed by atoms with Crippen LogP contribution >= 0.6 is 0 Å². The van der Waals surface area contributed by atoms with Crippen molar-refractivity contribution < 1.29 is 4.79 Å². The first kappa shape index (κ1) is 16.3. The molecule has 118 valence electrons. The zero-order valence-corrected chi connectivity index (χ0v) is 13.2. The molecule has 0 radical (unpaired) electrons. The molecule has 0 bridgehead atoms. The summed E-state index contributed by atoms with van der Waals surface area (Å²) < 4.78 is 0. The summed E-state index contributed by atoms with van der Waals surface area (Å²) in [5.74, 6) is 0.297. The van der Waals surface area contributed by atoms with E-state index >= 15 is 0 Å². The van der Waals surface area contributed by atoms with Gasteiger partial charge in [0, 0.05) is 51.1 Å². The smallest absolute Gasteiger partial charge is 0.224 e. The second-order valence-electron chi connectivity index (χ2n) is 6.40. The summed E-state index contributed by atoms with van der Waals surface area (Å²) in [6.07, 6.45) is 7.23. The van der Waals surface area contributed by atoms with Gasteiger partial charge in [-0.1, -0.05) is 19.3 Å². The minimum absolute atomic E-state index is 0.0350. The molecule has 1 aliphatic carbocycles. The molecule has 1 saturated heterocycles. The monoisotopic (exact) mass is 292 g/mol. The predicted molar refractivity (Wildman–Crippen MR) is 82.7 cm³/mol. The highest BCUT2D eigenvalue weighted by Gasteiger charge is 2.34. The van der Waals surface area contributed by atoms with Gasteiger partial charge in [0.25, 0.3) is 0 Å². The summed E-state index contributed by atoms with van der Waals surface area (Å²) in [5, 5.41) is 12.1. The summed E-state index contributed by atoms with van der Waals surface area (Å²) in [5.41, 5.74) is 0.0350. The Morgan fingerprint density at radius 1 is 1.19 bits per heavy atom. The van der Waals surface area contributed by atoms with Crippen LogP contribution in [0, 0.1) is 11.3 Å². The molecule has 0 atom stereocenters. The van der Waals surface area contributed by atoms with Crippen LogP contribution in [0.5, 0.6) is 0 Å². The van der Waals surface area contributed by atoms with Crippen LogP contribution < -0.4 is 5.32 Å². The topological polar surface area (TPSA) is 59.4 Å². The fourth-order valence-electron chi connectivity index (χ4n) is 3.57. The average molecular weight is 292 g/mol. The maximum Gasteiger partial charge on any atom is 0.224 e. The van der Waals surface area contributed by atoms with E-state index in [4.69, 9.17) is 5.26 Å². The summed E-state index contributed by atoms with van der Waals surface area (Å²) in [6, 6.07) is 2.19. The van der Waals surface area contributed by atoms with Gasteiger partial charge in [0.05, 0.1) is 6.07 Å². The van der Waals surface area contributed by atoms with Crippen LogP contribution in [0.3, 0.4) is 0 Å². The Labute approximate surface area is 128 Å². The molecule has 0 spiro atoms. The Hall–Kier alpha value is -1.12. The number of hydrogen-bond acceptors (Lipinski definition) is 4. The van der Waals surface area contributed by atoms with Crippen molar-refractivity contribution in [2.45, 2.75) is 50.5 Å². The fraction of sp³-hybridized carbons (Fsp3) is 0.875. The van der Waals surface area contributed by atoms with Gasteiger partial charge in [0.15, 0.2) is 0 Å². The van der Waals surface area contributed by atoms with Gasteiger partial charge < -0.3 is 10.2 Å².